The SMILES string of the molecule is CC1CN(C(=O)N[C@H](CCCC(=O)O)C(=O)O)CCC1O. The number of aliphatic hydroxyl groups excluding tert-OH is 1. The zero-order chi connectivity index (χ0) is 16.0. The predicted octanol–water partition coefficient (Wildman–Crippen LogP) is 0.107. The molecular weight excluding hydrogens is 280 g/mol. The van der Waals surface area contributed by atoms with E-state index < -0.39 is 30.1 Å². The summed E-state index contributed by atoms with van der Waals surface area (Å²) in [4.78, 5) is 35.0. The van der Waals surface area contributed by atoms with Crippen LogP contribution in [-0.4, -0.2) is 63.4 Å². The fraction of sp³-hybridized carbons (Fsp3) is 0.769. The van der Waals surface area contributed by atoms with Gasteiger partial charge in [0, 0.05) is 19.5 Å². The van der Waals surface area contributed by atoms with Crippen LogP contribution in [0.15, 0.2) is 0 Å². The summed E-state index contributed by atoms with van der Waals surface area (Å²) in [5, 5.41) is 29.6. The van der Waals surface area contributed by atoms with Crippen LogP contribution in [0.3, 0.4) is 0 Å². The standard InChI is InChI=1S/C13H22N2O6/c1-8-7-15(6-5-10(8)16)13(21)14-9(12(19)20)3-2-4-11(17)18/h8-10,16H,2-7H2,1H3,(H,14,21)(H,17,18)(H,19,20)/t8?,9-,10?/m1/s1. The number of carbonyl (C=O) groups is 3. The highest BCUT2D eigenvalue weighted by Crippen LogP contribution is 2.16. The minimum absolute atomic E-state index is 0.0558. The molecule has 2 unspecified atom stereocenters. The Hall–Kier alpha value is -1.83. The first-order chi connectivity index (χ1) is 9.81. The molecular formula is C13H22N2O6. The van der Waals surface area contributed by atoms with Crippen LogP contribution in [0.4, 0.5) is 4.79 Å². The highest BCUT2D eigenvalue weighted by Gasteiger charge is 2.29. The number of rotatable bonds is 6. The molecule has 8 nitrogen and oxygen atoms in total. The fourth-order valence-corrected chi connectivity index (χ4v) is 2.27. The highest BCUT2D eigenvalue weighted by atomic mass is 16.4. The van der Waals surface area contributed by atoms with Crippen LogP contribution in [-0.2, 0) is 9.59 Å². The number of carbonyl (C=O) groups excluding carboxylic acids is 1. The second-order valence-corrected chi connectivity index (χ2v) is 5.41. The van der Waals surface area contributed by atoms with Gasteiger partial charge in [-0.3, -0.25) is 4.79 Å². The van der Waals surface area contributed by atoms with Crippen molar-refractivity contribution in [3.63, 3.8) is 0 Å². The van der Waals surface area contributed by atoms with Crippen LogP contribution in [0.25, 0.3) is 0 Å². The van der Waals surface area contributed by atoms with E-state index >= 15 is 0 Å². The van der Waals surface area contributed by atoms with Gasteiger partial charge in [-0.15, -0.1) is 0 Å². The smallest absolute Gasteiger partial charge is 0.326 e. The number of carboxylic acids is 2. The van der Waals surface area contributed by atoms with E-state index in [1.165, 1.54) is 4.90 Å². The first-order valence-corrected chi connectivity index (χ1v) is 6.99. The Balaban J connectivity index is 2.48. The average molecular weight is 302 g/mol. The monoisotopic (exact) mass is 302 g/mol. The van der Waals surface area contributed by atoms with Gasteiger partial charge in [0.2, 0.25) is 0 Å². The molecule has 21 heavy (non-hydrogen) atoms. The Bertz CT molecular complexity index is 400. The number of carboxylic acid groups (broad SMARTS) is 2. The lowest BCUT2D eigenvalue weighted by Gasteiger charge is -2.34. The Labute approximate surface area is 122 Å². The highest BCUT2D eigenvalue weighted by molar-refractivity contribution is 5.82. The first-order valence-electron chi connectivity index (χ1n) is 6.99. The maximum absolute atomic E-state index is 12.0. The average Bonchev–Trinajstić information content (AvgIpc) is 2.40. The quantitative estimate of drug-likeness (QED) is 0.551. The number of piperidine rings is 1. The third-order valence-electron chi connectivity index (χ3n) is 3.63. The van der Waals surface area contributed by atoms with Gasteiger partial charge in [0.15, 0.2) is 0 Å². The molecule has 1 heterocycles. The van der Waals surface area contributed by atoms with Gasteiger partial charge in [0.05, 0.1) is 6.10 Å². The van der Waals surface area contributed by atoms with Crippen LogP contribution in [0.2, 0.25) is 0 Å². The van der Waals surface area contributed by atoms with E-state index in [1.807, 2.05) is 6.92 Å². The predicted molar refractivity (Wildman–Crippen MR) is 72.8 cm³/mol. The lowest BCUT2D eigenvalue weighted by molar-refractivity contribution is -0.140. The molecule has 0 aromatic rings. The number of hydrogen-bond donors (Lipinski definition) is 4. The largest absolute Gasteiger partial charge is 0.481 e. The van der Waals surface area contributed by atoms with Gasteiger partial charge in [0.1, 0.15) is 6.04 Å². The summed E-state index contributed by atoms with van der Waals surface area (Å²) < 4.78 is 0. The number of nitrogens with one attached hydrogen (secondary N) is 1. The molecule has 0 bridgehead atoms. The van der Waals surface area contributed by atoms with Crippen molar-refractivity contribution in [2.24, 2.45) is 5.92 Å². The molecule has 0 saturated carbocycles. The second-order valence-electron chi connectivity index (χ2n) is 5.41. The molecule has 120 valence electrons. The molecule has 1 aliphatic heterocycles. The normalized spacial score (nSPS) is 23.4. The number of aliphatic carboxylic acids is 2. The van der Waals surface area contributed by atoms with Crippen LogP contribution < -0.4 is 5.32 Å². The zero-order valence-corrected chi connectivity index (χ0v) is 12.0. The van der Waals surface area contributed by atoms with Crippen LogP contribution in [0, 0.1) is 5.92 Å². The van der Waals surface area contributed by atoms with E-state index in [0.717, 1.165) is 0 Å². The van der Waals surface area contributed by atoms with Crippen LogP contribution in [0.5, 0.6) is 0 Å². The number of amides is 2. The van der Waals surface area contributed by atoms with Crippen LogP contribution in [0.1, 0.15) is 32.6 Å². The Morgan fingerprint density at radius 2 is 2.00 bits per heavy atom. The van der Waals surface area contributed by atoms with Crippen LogP contribution >= 0.6 is 0 Å². The van der Waals surface area contributed by atoms with Crippen molar-refractivity contribution >= 4 is 18.0 Å². The maximum atomic E-state index is 12.0. The summed E-state index contributed by atoms with van der Waals surface area (Å²) in [6, 6.07) is -1.59. The maximum Gasteiger partial charge on any atom is 0.326 e. The molecule has 2 amide bonds. The van der Waals surface area contributed by atoms with Gasteiger partial charge >= 0.3 is 18.0 Å². The molecule has 1 aliphatic rings. The van der Waals surface area contributed by atoms with Crippen molar-refractivity contribution in [2.75, 3.05) is 13.1 Å². The van der Waals surface area contributed by atoms with Gasteiger partial charge in [-0.1, -0.05) is 6.92 Å². The summed E-state index contributed by atoms with van der Waals surface area (Å²) in [7, 11) is 0. The summed E-state index contributed by atoms with van der Waals surface area (Å²) in [6.45, 7) is 2.57. The molecule has 3 atom stereocenters. The third-order valence-corrected chi connectivity index (χ3v) is 3.63. The number of likely N-dealkylation sites (tertiary alicyclic amines) is 1. The van der Waals surface area contributed by atoms with E-state index in [4.69, 9.17) is 10.2 Å². The Morgan fingerprint density at radius 3 is 2.52 bits per heavy atom. The number of aliphatic hydroxyl groups is 1. The first kappa shape index (κ1) is 17.2. The minimum atomic E-state index is -1.18. The van der Waals surface area contributed by atoms with Crippen molar-refractivity contribution in [1.82, 2.24) is 10.2 Å². The zero-order valence-electron chi connectivity index (χ0n) is 12.0. The summed E-state index contributed by atoms with van der Waals surface area (Å²) in [5.74, 6) is -2.23. The number of urea groups is 1. The van der Waals surface area contributed by atoms with Crippen molar-refractivity contribution in [3.05, 3.63) is 0 Å². The van der Waals surface area contributed by atoms with E-state index in [9.17, 15) is 19.5 Å². The molecule has 4 N–H and O–H groups in total. The lowest BCUT2D eigenvalue weighted by Crippen LogP contribution is -2.52. The molecule has 0 radical (unpaired) electrons. The number of nitrogens with zero attached hydrogens (tertiary/aromatic N) is 1. The second kappa shape index (κ2) is 7.82. The molecule has 8 heteroatoms. The van der Waals surface area contributed by atoms with E-state index in [2.05, 4.69) is 5.32 Å². The van der Waals surface area contributed by atoms with E-state index in [-0.39, 0.29) is 25.2 Å². The third kappa shape index (κ3) is 5.58. The molecule has 0 spiro atoms. The van der Waals surface area contributed by atoms with Crippen molar-refractivity contribution < 1.29 is 29.7 Å². The van der Waals surface area contributed by atoms with Crippen molar-refractivity contribution in [1.29, 1.82) is 0 Å². The fourth-order valence-electron chi connectivity index (χ4n) is 2.27. The number of hydrogen-bond acceptors (Lipinski definition) is 4. The van der Waals surface area contributed by atoms with Gasteiger partial charge in [-0.25, -0.2) is 9.59 Å². The van der Waals surface area contributed by atoms with Gasteiger partial charge in [0.25, 0.3) is 0 Å². The molecule has 1 rings (SSSR count). The van der Waals surface area contributed by atoms with Crippen molar-refractivity contribution in [3.8, 4) is 0 Å². The summed E-state index contributed by atoms with van der Waals surface area (Å²) in [5.41, 5.74) is 0. The lowest BCUT2D eigenvalue weighted by atomic mass is 9.97. The van der Waals surface area contributed by atoms with Gasteiger partial charge in [-0.2, -0.15) is 0 Å². The minimum Gasteiger partial charge on any atom is -0.481 e. The summed E-state index contributed by atoms with van der Waals surface area (Å²) >= 11 is 0. The molecule has 0 aromatic heterocycles. The molecule has 1 saturated heterocycles. The molecule has 0 aliphatic carbocycles. The van der Waals surface area contributed by atoms with Gasteiger partial charge in [-0.05, 0) is 25.2 Å². The van der Waals surface area contributed by atoms with E-state index in [1.54, 1.807) is 0 Å². The molecule has 1 fully saturated rings. The Kier molecular flexibility index (Phi) is 6.41. The van der Waals surface area contributed by atoms with Crippen molar-refractivity contribution in [2.45, 2.75) is 44.8 Å². The summed E-state index contributed by atoms with van der Waals surface area (Å²) in [6.07, 6.45) is 0.138. The molecule has 0 aromatic carbocycles. The van der Waals surface area contributed by atoms with Gasteiger partial charge < -0.3 is 25.5 Å². The topological polar surface area (TPSA) is 127 Å². The Morgan fingerprint density at radius 1 is 1.33 bits per heavy atom. The van der Waals surface area contributed by atoms with E-state index in [0.29, 0.717) is 19.5 Å².